The summed E-state index contributed by atoms with van der Waals surface area (Å²) in [5.74, 6) is 0.759. The van der Waals surface area contributed by atoms with Crippen molar-refractivity contribution in [2.45, 2.75) is 13.5 Å². The Hall–Kier alpha value is -2.47. The molecule has 0 aliphatic carbocycles. The normalized spacial score (nSPS) is 9.90. The SMILES string of the molecule is COc1ccc(C#N)c(N(C)Cc2cccc(C)c2)c1. The highest BCUT2D eigenvalue weighted by Gasteiger charge is 2.09. The second kappa shape index (κ2) is 6.12. The van der Waals surface area contributed by atoms with E-state index in [1.165, 1.54) is 11.1 Å². The van der Waals surface area contributed by atoms with E-state index in [1.54, 1.807) is 13.2 Å². The molecule has 2 rings (SSSR count). The molecule has 0 amide bonds. The van der Waals surface area contributed by atoms with E-state index in [4.69, 9.17) is 4.74 Å². The van der Waals surface area contributed by atoms with Crippen LogP contribution in [0, 0.1) is 18.3 Å². The van der Waals surface area contributed by atoms with Crippen LogP contribution in [-0.4, -0.2) is 14.2 Å². The number of hydrogen-bond donors (Lipinski definition) is 0. The van der Waals surface area contributed by atoms with Crippen molar-refractivity contribution in [3.63, 3.8) is 0 Å². The van der Waals surface area contributed by atoms with Crippen molar-refractivity contribution in [1.29, 1.82) is 5.26 Å². The molecule has 0 saturated heterocycles. The fraction of sp³-hybridized carbons (Fsp3) is 0.235. The molecule has 102 valence electrons. The van der Waals surface area contributed by atoms with Gasteiger partial charge in [0.2, 0.25) is 0 Å². The number of nitriles is 1. The van der Waals surface area contributed by atoms with Gasteiger partial charge < -0.3 is 9.64 Å². The first-order valence-electron chi connectivity index (χ1n) is 6.49. The Bertz CT molecular complexity index is 644. The minimum atomic E-state index is 0.654. The zero-order valence-electron chi connectivity index (χ0n) is 12.1. The third-order valence-electron chi connectivity index (χ3n) is 3.24. The van der Waals surface area contributed by atoms with Crippen LogP contribution < -0.4 is 9.64 Å². The van der Waals surface area contributed by atoms with Crippen molar-refractivity contribution in [2.24, 2.45) is 0 Å². The van der Waals surface area contributed by atoms with Gasteiger partial charge in [-0.05, 0) is 24.6 Å². The fourth-order valence-corrected chi connectivity index (χ4v) is 2.22. The predicted molar refractivity (Wildman–Crippen MR) is 81.0 cm³/mol. The molecular formula is C17H18N2O. The molecule has 0 aliphatic heterocycles. The number of aryl methyl sites for hydroxylation is 1. The number of anilines is 1. The zero-order valence-corrected chi connectivity index (χ0v) is 12.1. The third-order valence-corrected chi connectivity index (χ3v) is 3.24. The van der Waals surface area contributed by atoms with Gasteiger partial charge in [0.1, 0.15) is 11.8 Å². The molecule has 0 atom stereocenters. The molecule has 3 nitrogen and oxygen atoms in total. The van der Waals surface area contributed by atoms with Gasteiger partial charge in [-0.25, -0.2) is 0 Å². The van der Waals surface area contributed by atoms with E-state index in [-0.39, 0.29) is 0 Å². The van der Waals surface area contributed by atoms with E-state index in [0.717, 1.165) is 18.0 Å². The van der Waals surface area contributed by atoms with E-state index in [0.29, 0.717) is 5.56 Å². The van der Waals surface area contributed by atoms with Crippen molar-refractivity contribution >= 4 is 5.69 Å². The van der Waals surface area contributed by atoms with Crippen LogP contribution in [0.2, 0.25) is 0 Å². The number of nitrogens with zero attached hydrogens (tertiary/aromatic N) is 2. The van der Waals surface area contributed by atoms with Crippen LogP contribution in [0.3, 0.4) is 0 Å². The van der Waals surface area contributed by atoms with E-state index in [2.05, 4.69) is 42.2 Å². The zero-order chi connectivity index (χ0) is 14.5. The Morgan fingerprint density at radius 3 is 2.65 bits per heavy atom. The molecule has 0 N–H and O–H groups in total. The summed E-state index contributed by atoms with van der Waals surface area (Å²) in [6, 6.07) is 16.1. The first-order chi connectivity index (χ1) is 9.63. The molecule has 0 aliphatic rings. The van der Waals surface area contributed by atoms with E-state index < -0.39 is 0 Å². The van der Waals surface area contributed by atoms with Crippen LogP contribution in [0.15, 0.2) is 42.5 Å². The lowest BCUT2D eigenvalue weighted by Crippen LogP contribution is -2.17. The summed E-state index contributed by atoms with van der Waals surface area (Å²) in [6.45, 7) is 2.83. The molecule has 3 heteroatoms. The van der Waals surface area contributed by atoms with Crippen molar-refractivity contribution in [2.75, 3.05) is 19.1 Å². The maximum atomic E-state index is 9.22. The van der Waals surface area contributed by atoms with Crippen molar-refractivity contribution in [1.82, 2.24) is 0 Å². The van der Waals surface area contributed by atoms with Gasteiger partial charge in [0.15, 0.2) is 0 Å². The Labute approximate surface area is 120 Å². The van der Waals surface area contributed by atoms with Crippen LogP contribution in [-0.2, 0) is 6.54 Å². The second-order valence-electron chi connectivity index (χ2n) is 4.84. The van der Waals surface area contributed by atoms with Gasteiger partial charge in [-0.1, -0.05) is 29.8 Å². The smallest absolute Gasteiger partial charge is 0.121 e. The van der Waals surface area contributed by atoms with E-state index in [1.807, 2.05) is 19.2 Å². The summed E-state index contributed by atoms with van der Waals surface area (Å²) in [5.41, 5.74) is 4.00. The van der Waals surface area contributed by atoms with Crippen molar-refractivity contribution in [3.8, 4) is 11.8 Å². The maximum absolute atomic E-state index is 9.22. The summed E-state index contributed by atoms with van der Waals surface area (Å²) in [5, 5.41) is 9.22. The van der Waals surface area contributed by atoms with Crippen LogP contribution in [0.5, 0.6) is 5.75 Å². The van der Waals surface area contributed by atoms with Gasteiger partial charge in [0, 0.05) is 19.7 Å². The molecule has 0 unspecified atom stereocenters. The van der Waals surface area contributed by atoms with Crippen LogP contribution in [0.25, 0.3) is 0 Å². The van der Waals surface area contributed by atoms with Crippen LogP contribution >= 0.6 is 0 Å². The molecule has 0 fully saturated rings. The van der Waals surface area contributed by atoms with Gasteiger partial charge in [-0.15, -0.1) is 0 Å². The molecule has 0 aromatic heterocycles. The van der Waals surface area contributed by atoms with Gasteiger partial charge in [0.25, 0.3) is 0 Å². The monoisotopic (exact) mass is 266 g/mol. The Kier molecular flexibility index (Phi) is 4.27. The molecule has 0 spiro atoms. The molecule has 0 heterocycles. The first kappa shape index (κ1) is 14.0. The van der Waals surface area contributed by atoms with Gasteiger partial charge >= 0.3 is 0 Å². The molecule has 20 heavy (non-hydrogen) atoms. The highest BCUT2D eigenvalue weighted by Crippen LogP contribution is 2.26. The molecular weight excluding hydrogens is 248 g/mol. The third kappa shape index (κ3) is 3.10. The Balaban J connectivity index is 2.28. The topological polar surface area (TPSA) is 36.3 Å². The number of methoxy groups -OCH3 is 1. The average Bonchev–Trinajstić information content (AvgIpc) is 2.46. The lowest BCUT2D eigenvalue weighted by Gasteiger charge is -2.21. The minimum absolute atomic E-state index is 0.654. The summed E-state index contributed by atoms with van der Waals surface area (Å²) in [7, 11) is 3.61. The highest BCUT2D eigenvalue weighted by atomic mass is 16.5. The second-order valence-corrected chi connectivity index (χ2v) is 4.84. The Morgan fingerprint density at radius 1 is 1.20 bits per heavy atom. The lowest BCUT2D eigenvalue weighted by atomic mass is 10.1. The van der Waals surface area contributed by atoms with Crippen molar-refractivity contribution < 1.29 is 4.74 Å². The molecule has 2 aromatic carbocycles. The van der Waals surface area contributed by atoms with E-state index >= 15 is 0 Å². The number of hydrogen-bond acceptors (Lipinski definition) is 3. The molecule has 0 radical (unpaired) electrons. The predicted octanol–water partition coefficient (Wildman–Crippen LogP) is 3.51. The summed E-state index contributed by atoms with van der Waals surface area (Å²) < 4.78 is 5.24. The van der Waals surface area contributed by atoms with Gasteiger partial charge in [-0.2, -0.15) is 5.26 Å². The van der Waals surface area contributed by atoms with E-state index in [9.17, 15) is 5.26 Å². The summed E-state index contributed by atoms with van der Waals surface area (Å²) in [4.78, 5) is 2.07. The standard InChI is InChI=1S/C17H18N2O/c1-13-5-4-6-14(9-13)12-19(2)17-10-16(20-3)8-7-15(17)11-18/h4-10H,12H2,1-3H3. The van der Waals surface area contributed by atoms with Gasteiger partial charge in [-0.3, -0.25) is 0 Å². The summed E-state index contributed by atoms with van der Waals surface area (Å²) >= 11 is 0. The average molecular weight is 266 g/mol. The fourth-order valence-electron chi connectivity index (χ4n) is 2.22. The van der Waals surface area contributed by atoms with Gasteiger partial charge in [0.05, 0.1) is 18.4 Å². The van der Waals surface area contributed by atoms with Crippen LogP contribution in [0.4, 0.5) is 5.69 Å². The highest BCUT2D eigenvalue weighted by molar-refractivity contribution is 5.62. The molecule has 0 saturated carbocycles. The molecule has 0 bridgehead atoms. The number of ether oxygens (including phenoxy) is 1. The quantitative estimate of drug-likeness (QED) is 0.849. The number of benzene rings is 2. The lowest BCUT2D eigenvalue weighted by molar-refractivity contribution is 0.415. The number of rotatable bonds is 4. The molecule has 2 aromatic rings. The van der Waals surface area contributed by atoms with Crippen molar-refractivity contribution in [3.05, 3.63) is 59.2 Å². The summed E-state index contributed by atoms with van der Waals surface area (Å²) in [6.07, 6.45) is 0. The largest absolute Gasteiger partial charge is 0.497 e. The Morgan fingerprint density at radius 2 is 2.00 bits per heavy atom. The minimum Gasteiger partial charge on any atom is -0.497 e. The van der Waals surface area contributed by atoms with Crippen LogP contribution in [0.1, 0.15) is 16.7 Å². The maximum Gasteiger partial charge on any atom is 0.121 e. The first-order valence-corrected chi connectivity index (χ1v) is 6.49.